The lowest BCUT2D eigenvalue weighted by Crippen LogP contribution is -2.40. The normalized spacial score (nSPS) is 15.4. The highest BCUT2D eigenvalue weighted by Crippen LogP contribution is 2.27. The summed E-state index contributed by atoms with van der Waals surface area (Å²) in [5.41, 5.74) is 3.56. The van der Waals surface area contributed by atoms with Crippen LogP contribution in [0.15, 0.2) is 42.5 Å². The number of hydrogen-bond acceptors (Lipinski definition) is 5. The highest BCUT2D eigenvalue weighted by Gasteiger charge is 2.25. The minimum absolute atomic E-state index is 0.00346. The minimum atomic E-state index is -0.00346. The van der Waals surface area contributed by atoms with Crippen LogP contribution in [0.3, 0.4) is 0 Å². The van der Waals surface area contributed by atoms with Gasteiger partial charge < -0.3 is 24.3 Å². The summed E-state index contributed by atoms with van der Waals surface area (Å²) in [7, 11) is 5.68. The van der Waals surface area contributed by atoms with Gasteiger partial charge in [0, 0.05) is 62.5 Å². The number of carbonyl (C=O) groups excluding carboxylic acids is 2. The van der Waals surface area contributed by atoms with E-state index in [9.17, 15) is 9.59 Å². The fourth-order valence-electron chi connectivity index (χ4n) is 5.29. The molecule has 0 N–H and O–H groups in total. The SMILES string of the molecule is COc1ccc(C(=O)N2CCN(CC(C)C)CCCN(C(=O)CC(C)C)c3ccccc3C2)cc1CN(C)C. The molecule has 7 heteroatoms. The van der Waals surface area contributed by atoms with Crippen molar-refractivity contribution in [3.63, 3.8) is 0 Å². The zero-order chi connectivity index (χ0) is 28.5. The van der Waals surface area contributed by atoms with E-state index in [1.807, 2.05) is 60.3 Å². The molecule has 0 aromatic heterocycles. The van der Waals surface area contributed by atoms with Crippen molar-refractivity contribution in [2.45, 2.75) is 53.6 Å². The standard InChI is InChI=1S/C32H48N4O3/c1-24(2)19-31(37)36-16-10-15-34(21-25(3)4)17-18-35(23-27-11-8-9-12-29(27)36)32(38)26-13-14-30(39-7)28(20-26)22-33(5)6/h8-9,11-14,20,24-25H,10,15-19,21-23H2,1-7H3. The number of nitrogens with zero attached hydrogens (tertiary/aromatic N) is 4. The number of hydrogen-bond donors (Lipinski definition) is 0. The highest BCUT2D eigenvalue weighted by atomic mass is 16.5. The van der Waals surface area contributed by atoms with Gasteiger partial charge in [0.05, 0.1) is 7.11 Å². The number of anilines is 1. The summed E-state index contributed by atoms with van der Waals surface area (Å²) in [6.45, 7) is 13.7. The predicted octanol–water partition coefficient (Wildman–Crippen LogP) is 5.14. The van der Waals surface area contributed by atoms with E-state index in [2.05, 4.69) is 43.6 Å². The fraction of sp³-hybridized carbons (Fsp3) is 0.562. The fourth-order valence-corrected chi connectivity index (χ4v) is 5.29. The molecule has 0 fully saturated rings. The van der Waals surface area contributed by atoms with Crippen LogP contribution in [0.1, 0.15) is 62.0 Å². The molecule has 3 rings (SSSR count). The average molecular weight is 537 g/mol. The number of benzene rings is 2. The molecule has 2 aromatic rings. The van der Waals surface area contributed by atoms with E-state index in [0.29, 0.717) is 44.1 Å². The molecule has 0 unspecified atom stereocenters. The Bertz CT molecular complexity index is 1100. The number of carbonyl (C=O) groups is 2. The van der Waals surface area contributed by atoms with Crippen molar-refractivity contribution in [3.8, 4) is 5.75 Å². The number of methoxy groups -OCH3 is 1. The zero-order valence-electron chi connectivity index (χ0n) is 25.1. The summed E-state index contributed by atoms with van der Waals surface area (Å²) in [5.74, 6) is 1.73. The second-order valence-corrected chi connectivity index (χ2v) is 11.8. The summed E-state index contributed by atoms with van der Waals surface area (Å²) >= 11 is 0. The first-order valence-corrected chi connectivity index (χ1v) is 14.3. The zero-order valence-corrected chi connectivity index (χ0v) is 25.1. The van der Waals surface area contributed by atoms with Crippen molar-refractivity contribution in [1.82, 2.24) is 14.7 Å². The van der Waals surface area contributed by atoms with Gasteiger partial charge in [0.15, 0.2) is 0 Å². The van der Waals surface area contributed by atoms with Crippen LogP contribution in [-0.2, 0) is 17.9 Å². The van der Waals surface area contributed by atoms with E-state index in [4.69, 9.17) is 4.74 Å². The Hall–Kier alpha value is -2.90. The molecule has 0 radical (unpaired) electrons. The molecule has 0 aliphatic carbocycles. The van der Waals surface area contributed by atoms with Gasteiger partial charge in [0.2, 0.25) is 5.91 Å². The molecule has 0 atom stereocenters. The van der Waals surface area contributed by atoms with Crippen molar-refractivity contribution in [2.24, 2.45) is 11.8 Å². The van der Waals surface area contributed by atoms with Gasteiger partial charge >= 0.3 is 0 Å². The number of amides is 2. The Morgan fingerprint density at radius 3 is 2.36 bits per heavy atom. The maximum absolute atomic E-state index is 14.1. The quantitative estimate of drug-likeness (QED) is 0.468. The van der Waals surface area contributed by atoms with Gasteiger partial charge in [-0.25, -0.2) is 0 Å². The molecule has 0 saturated heterocycles. The first-order chi connectivity index (χ1) is 18.6. The van der Waals surface area contributed by atoms with Gasteiger partial charge in [0.25, 0.3) is 5.91 Å². The van der Waals surface area contributed by atoms with Crippen molar-refractivity contribution in [2.75, 3.05) is 58.8 Å². The Kier molecular flexibility index (Phi) is 11.4. The highest BCUT2D eigenvalue weighted by molar-refractivity contribution is 5.96. The number of rotatable bonds is 8. The molecule has 1 aliphatic heterocycles. The molecular weight excluding hydrogens is 488 g/mol. The van der Waals surface area contributed by atoms with Crippen LogP contribution >= 0.6 is 0 Å². The van der Waals surface area contributed by atoms with Crippen LogP contribution in [0, 0.1) is 11.8 Å². The molecule has 214 valence electrons. The van der Waals surface area contributed by atoms with E-state index in [1.165, 1.54) is 0 Å². The smallest absolute Gasteiger partial charge is 0.254 e. The van der Waals surface area contributed by atoms with Gasteiger partial charge in [-0.05, 0) is 68.7 Å². The third kappa shape index (κ3) is 8.80. The first-order valence-electron chi connectivity index (χ1n) is 14.3. The molecule has 1 aliphatic rings. The van der Waals surface area contributed by atoms with Gasteiger partial charge in [0.1, 0.15) is 5.75 Å². The molecule has 0 spiro atoms. The van der Waals surface area contributed by atoms with E-state index in [0.717, 1.165) is 48.6 Å². The Labute approximate surface area is 235 Å². The van der Waals surface area contributed by atoms with E-state index >= 15 is 0 Å². The summed E-state index contributed by atoms with van der Waals surface area (Å²) in [5, 5.41) is 0. The van der Waals surface area contributed by atoms with Crippen LogP contribution in [0.4, 0.5) is 5.69 Å². The molecular formula is C32H48N4O3. The molecule has 0 saturated carbocycles. The minimum Gasteiger partial charge on any atom is -0.496 e. The van der Waals surface area contributed by atoms with Gasteiger partial charge in [-0.1, -0.05) is 45.9 Å². The molecule has 39 heavy (non-hydrogen) atoms. The van der Waals surface area contributed by atoms with Crippen LogP contribution < -0.4 is 9.64 Å². The predicted molar refractivity (Wildman–Crippen MR) is 159 cm³/mol. The Morgan fingerprint density at radius 2 is 1.69 bits per heavy atom. The van der Waals surface area contributed by atoms with Gasteiger partial charge in [-0.2, -0.15) is 0 Å². The maximum atomic E-state index is 14.1. The largest absolute Gasteiger partial charge is 0.496 e. The summed E-state index contributed by atoms with van der Waals surface area (Å²) in [6, 6.07) is 13.8. The lowest BCUT2D eigenvalue weighted by molar-refractivity contribution is -0.119. The van der Waals surface area contributed by atoms with Gasteiger partial charge in [-0.3, -0.25) is 9.59 Å². The Balaban J connectivity index is 2.01. The van der Waals surface area contributed by atoms with E-state index < -0.39 is 0 Å². The van der Waals surface area contributed by atoms with Crippen molar-refractivity contribution < 1.29 is 14.3 Å². The van der Waals surface area contributed by atoms with Crippen LogP contribution in [0.5, 0.6) is 5.75 Å². The molecule has 0 bridgehead atoms. The van der Waals surface area contributed by atoms with E-state index in [-0.39, 0.29) is 17.7 Å². The lowest BCUT2D eigenvalue weighted by Gasteiger charge is -2.29. The van der Waals surface area contributed by atoms with Crippen molar-refractivity contribution in [3.05, 3.63) is 59.2 Å². The monoisotopic (exact) mass is 536 g/mol. The summed E-state index contributed by atoms with van der Waals surface area (Å²) in [6.07, 6.45) is 1.40. The second-order valence-electron chi connectivity index (χ2n) is 11.8. The van der Waals surface area contributed by atoms with Gasteiger partial charge in [-0.15, -0.1) is 0 Å². The molecule has 2 aromatic carbocycles. The number of para-hydroxylation sites is 1. The third-order valence-corrected chi connectivity index (χ3v) is 6.99. The van der Waals surface area contributed by atoms with Crippen molar-refractivity contribution >= 4 is 17.5 Å². The van der Waals surface area contributed by atoms with Crippen LogP contribution in [-0.4, -0.2) is 80.4 Å². The van der Waals surface area contributed by atoms with E-state index in [1.54, 1.807) is 7.11 Å². The second kappa shape index (κ2) is 14.5. The summed E-state index contributed by atoms with van der Waals surface area (Å²) < 4.78 is 5.57. The van der Waals surface area contributed by atoms with Crippen molar-refractivity contribution in [1.29, 1.82) is 0 Å². The summed E-state index contributed by atoms with van der Waals surface area (Å²) in [4.78, 5) is 35.9. The molecule has 2 amide bonds. The van der Waals surface area contributed by atoms with Crippen LogP contribution in [0.2, 0.25) is 0 Å². The van der Waals surface area contributed by atoms with Crippen LogP contribution in [0.25, 0.3) is 0 Å². The molecule has 7 nitrogen and oxygen atoms in total. The lowest BCUT2D eigenvalue weighted by atomic mass is 10.1. The third-order valence-electron chi connectivity index (χ3n) is 6.99. The average Bonchev–Trinajstić information content (AvgIpc) is 2.90. The first kappa shape index (κ1) is 30.6. The topological polar surface area (TPSA) is 56.3 Å². The maximum Gasteiger partial charge on any atom is 0.254 e. The number of fused-ring (bicyclic) bond motifs is 1. The Morgan fingerprint density at radius 1 is 0.949 bits per heavy atom. The number of ether oxygens (including phenoxy) is 1. The molecule has 1 heterocycles.